The van der Waals surface area contributed by atoms with Gasteiger partial charge < -0.3 is 24.3 Å². The van der Waals surface area contributed by atoms with E-state index in [0.717, 1.165) is 32.1 Å². The molecule has 7 nitrogen and oxygen atoms in total. The predicted octanol–water partition coefficient (Wildman–Crippen LogP) is 4.34. The van der Waals surface area contributed by atoms with Crippen LogP contribution in [0, 0.1) is 11.8 Å². The summed E-state index contributed by atoms with van der Waals surface area (Å²) in [5.41, 5.74) is 1.26. The number of nitrogens with one attached hydrogen (secondary N) is 1. The molecule has 2 aromatic carbocycles. The Morgan fingerprint density at radius 1 is 0.812 bits per heavy atom. The van der Waals surface area contributed by atoms with Crippen molar-refractivity contribution < 1.29 is 28.5 Å². The van der Waals surface area contributed by atoms with Gasteiger partial charge in [-0.2, -0.15) is 0 Å². The van der Waals surface area contributed by atoms with Crippen LogP contribution in [0.1, 0.15) is 59.2 Å². The maximum absolute atomic E-state index is 12.6. The summed E-state index contributed by atoms with van der Waals surface area (Å²) in [6.07, 6.45) is 5.82. The molecule has 2 heterocycles. The molecular formula is C25H27NO6. The van der Waals surface area contributed by atoms with Gasteiger partial charge in [-0.3, -0.25) is 9.59 Å². The summed E-state index contributed by atoms with van der Waals surface area (Å²) in [6.45, 7) is 1.06. The molecular weight excluding hydrogens is 410 g/mol. The van der Waals surface area contributed by atoms with Gasteiger partial charge in [0.1, 0.15) is 0 Å². The normalized spacial score (nSPS) is 20.8. The molecule has 2 unspecified atom stereocenters. The fourth-order valence-corrected chi connectivity index (χ4v) is 4.78. The van der Waals surface area contributed by atoms with Crippen LogP contribution in [0.3, 0.4) is 0 Å². The molecule has 0 saturated heterocycles. The Balaban J connectivity index is 1.09. The fraction of sp³-hybridized carbons (Fsp3) is 0.440. The summed E-state index contributed by atoms with van der Waals surface area (Å²) in [4.78, 5) is 25.2. The first kappa shape index (κ1) is 20.7. The van der Waals surface area contributed by atoms with Crippen molar-refractivity contribution in [3.05, 3.63) is 47.5 Å². The Morgan fingerprint density at radius 3 is 2.19 bits per heavy atom. The average molecular weight is 437 g/mol. The topological polar surface area (TPSA) is 83.1 Å². The van der Waals surface area contributed by atoms with Crippen molar-refractivity contribution in [3.63, 3.8) is 0 Å². The molecule has 0 spiro atoms. The molecule has 32 heavy (non-hydrogen) atoms. The van der Waals surface area contributed by atoms with Gasteiger partial charge in [-0.05, 0) is 67.5 Å². The monoisotopic (exact) mass is 437 g/mol. The molecule has 168 valence electrons. The van der Waals surface area contributed by atoms with Crippen molar-refractivity contribution in [2.45, 2.75) is 38.5 Å². The molecule has 5 rings (SSSR count). The standard InChI is InChI=1S/C25H27NO6/c27-20(18-5-8-21-23(11-18)31-14-29-21)7-4-16-2-1-3-17(10-16)13-26-25(28)19-6-9-22-24(12-19)32-15-30-22/h5-6,8-9,11-12,16-17H,1-4,7,10,13-15H2,(H,26,28). The zero-order chi connectivity index (χ0) is 21.9. The highest BCUT2D eigenvalue weighted by Gasteiger charge is 2.24. The molecule has 1 aliphatic carbocycles. The van der Waals surface area contributed by atoms with E-state index in [1.807, 2.05) is 6.07 Å². The molecule has 1 N–H and O–H groups in total. The lowest BCUT2D eigenvalue weighted by Gasteiger charge is -2.29. The number of rotatable bonds is 7. The van der Waals surface area contributed by atoms with Crippen LogP contribution in [-0.4, -0.2) is 31.8 Å². The third-order valence-corrected chi connectivity index (χ3v) is 6.55. The van der Waals surface area contributed by atoms with Gasteiger partial charge >= 0.3 is 0 Å². The number of amides is 1. The molecule has 3 aliphatic rings. The average Bonchev–Trinajstić information content (AvgIpc) is 3.49. The second-order valence-electron chi connectivity index (χ2n) is 8.71. The molecule has 0 aromatic heterocycles. The lowest BCUT2D eigenvalue weighted by atomic mass is 9.79. The lowest BCUT2D eigenvalue weighted by Crippen LogP contribution is -2.32. The molecule has 0 bridgehead atoms. The fourth-order valence-electron chi connectivity index (χ4n) is 4.78. The Kier molecular flexibility index (Phi) is 5.88. The summed E-state index contributed by atoms with van der Waals surface area (Å²) in [7, 11) is 0. The van der Waals surface area contributed by atoms with Crippen molar-refractivity contribution in [2.75, 3.05) is 20.1 Å². The van der Waals surface area contributed by atoms with Gasteiger partial charge in [0, 0.05) is 24.1 Å². The summed E-state index contributed by atoms with van der Waals surface area (Å²) in [5, 5.41) is 3.07. The largest absolute Gasteiger partial charge is 0.454 e. The number of hydrogen-bond donors (Lipinski definition) is 1. The lowest BCUT2D eigenvalue weighted by molar-refractivity contribution is 0.0938. The van der Waals surface area contributed by atoms with Crippen LogP contribution in [0.5, 0.6) is 23.0 Å². The first-order valence-corrected chi connectivity index (χ1v) is 11.3. The minimum atomic E-state index is -0.0941. The van der Waals surface area contributed by atoms with Gasteiger partial charge in [0.05, 0.1) is 0 Å². The van der Waals surface area contributed by atoms with E-state index in [1.165, 1.54) is 0 Å². The highest BCUT2D eigenvalue weighted by molar-refractivity contribution is 5.96. The highest BCUT2D eigenvalue weighted by Crippen LogP contribution is 2.35. The van der Waals surface area contributed by atoms with Gasteiger partial charge in [0.15, 0.2) is 28.8 Å². The van der Waals surface area contributed by atoms with E-state index < -0.39 is 0 Å². The minimum absolute atomic E-state index is 0.0941. The summed E-state index contributed by atoms with van der Waals surface area (Å²) < 4.78 is 21.3. The van der Waals surface area contributed by atoms with E-state index in [4.69, 9.17) is 18.9 Å². The van der Waals surface area contributed by atoms with Crippen LogP contribution >= 0.6 is 0 Å². The number of carbonyl (C=O) groups is 2. The van der Waals surface area contributed by atoms with Gasteiger partial charge in [0.2, 0.25) is 13.6 Å². The number of Topliss-reactive ketones (excluding diaryl/α,β-unsaturated/α-hetero) is 1. The number of ketones is 1. The molecule has 2 atom stereocenters. The van der Waals surface area contributed by atoms with Gasteiger partial charge in [0.25, 0.3) is 5.91 Å². The quantitative estimate of drug-likeness (QED) is 0.649. The summed E-state index contributed by atoms with van der Waals surface area (Å²) >= 11 is 0. The maximum Gasteiger partial charge on any atom is 0.251 e. The smallest absolute Gasteiger partial charge is 0.251 e. The summed E-state index contributed by atoms with van der Waals surface area (Å²) in [6, 6.07) is 10.6. The minimum Gasteiger partial charge on any atom is -0.454 e. The van der Waals surface area contributed by atoms with Crippen molar-refractivity contribution in [1.29, 1.82) is 0 Å². The van der Waals surface area contributed by atoms with Crippen LogP contribution in [0.2, 0.25) is 0 Å². The van der Waals surface area contributed by atoms with E-state index in [-0.39, 0.29) is 25.3 Å². The highest BCUT2D eigenvalue weighted by atomic mass is 16.7. The third-order valence-electron chi connectivity index (χ3n) is 6.55. The number of benzene rings is 2. The van der Waals surface area contributed by atoms with Gasteiger partial charge in [-0.15, -0.1) is 0 Å². The first-order valence-electron chi connectivity index (χ1n) is 11.3. The maximum atomic E-state index is 12.6. The molecule has 2 aromatic rings. The SMILES string of the molecule is O=C(CCC1CCCC(CNC(=O)c2ccc3c(c2)OCO3)C1)c1ccc2c(c1)OCO2. The Morgan fingerprint density at radius 2 is 1.44 bits per heavy atom. The van der Waals surface area contributed by atoms with Crippen molar-refractivity contribution in [2.24, 2.45) is 11.8 Å². The number of carbonyl (C=O) groups excluding carboxylic acids is 2. The van der Waals surface area contributed by atoms with Crippen LogP contribution < -0.4 is 24.3 Å². The van der Waals surface area contributed by atoms with Crippen molar-refractivity contribution in [1.82, 2.24) is 5.32 Å². The van der Waals surface area contributed by atoms with Gasteiger partial charge in [-0.25, -0.2) is 0 Å². The second-order valence-corrected chi connectivity index (χ2v) is 8.71. The van der Waals surface area contributed by atoms with E-state index in [9.17, 15) is 9.59 Å². The molecule has 1 amide bonds. The van der Waals surface area contributed by atoms with Crippen molar-refractivity contribution >= 4 is 11.7 Å². The van der Waals surface area contributed by atoms with Crippen LogP contribution in [0.15, 0.2) is 36.4 Å². The molecule has 1 saturated carbocycles. The molecule has 1 fully saturated rings. The van der Waals surface area contributed by atoms with Crippen LogP contribution in [0.4, 0.5) is 0 Å². The van der Waals surface area contributed by atoms with Gasteiger partial charge in [-0.1, -0.05) is 12.8 Å². The molecule has 2 aliphatic heterocycles. The third kappa shape index (κ3) is 4.52. The van der Waals surface area contributed by atoms with E-state index in [0.29, 0.717) is 58.9 Å². The zero-order valence-electron chi connectivity index (χ0n) is 17.9. The Hall–Kier alpha value is -3.22. The molecule has 7 heteroatoms. The van der Waals surface area contributed by atoms with Crippen molar-refractivity contribution in [3.8, 4) is 23.0 Å². The summed E-state index contributed by atoms with van der Waals surface area (Å²) in [5.74, 6) is 3.62. The van der Waals surface area contributed by atoms with E-state index in [2.05, 4.69) is 5.32 Å². The Labute approximate surface area is 187 Å². The second kappa shape index (κ2) is 9.10. The number of fused-ring (bicyclic) bond motifs is 2. The number of ether oxygens (including phenoxy) is 4. The number of hydrogen-bond acceptors (Lipinski definition) is 6. The molecule has 0 radical (unpaired) electrons. The van der Waals surface area contributed by atoms with E-state index in [1.54, 1.807) is 30.3 Å². The van der Waals surface area contributed by atoms with E-state index >= 15 is 0 Å². The Bertz CT molecular complexity index is 940. The van der Waals surface area contributed by atoms with Crippen LogP contribution in [-0.2, 0) is 0 Å². The zero-order valence-corrected chi connectivity index (χ0v) is 17.9. The van der Waals surface area contributed by atoms with Crippen LogP contribution in [0.25, 0.3) is 0 Å². The predicted molar refractivity (Wildman–Crippen MR) is 116 cm³/mol. The first-order chi connectivity index (χ1) is 15.7.